The molecule has 0 aliphatic carbocycles. The van der Waals surface area contributed by atoms with Gasteiger partial charge in [-0.2, -0.15) is 0 Å². The number of rotatable bonds is 3. The lowest BCUT2D eigenvalue weighted by Gasteiger charge is -2.10. The molecular weight excluding hydrogens is 245 g/mol. The van der Waals surface area contributed by atoms with E-state index >= 15 is 0 Å². The Hall–Kier alpha value is -1.20. The Morgan fingerprint density at radius 2 is 2.53 bits per heavy atom. The molecule has 0 spiro atoms. The first kappa shape index (κ1) is 12.3. The van der Waals surface area contributed by atoms with Gasteiger partial charge in [0.2, 0.25) is 5.91 Å². The van der Waals surface area contributed by atoms with Crippen molar-refractivity contribution in [2.45, 2.75) is 25.2 Å². The van der Waals surface area contributed by atoms with Crippen molar-refractivity contribution in [3.05, 3.63) is 29.0 Å². The molecule has 1 saturated heterocycles. The molecule has 2 heterocycles. The van der Waals surface area contributed by atoms with E-state index in [1.807, 2.05) is 0 Å². The van der Waals surface area contributed by atoms with Gasteiger partial charge in [-0.1, -0.05) is 11.6 Å². The molecule has 1 aromatic rings. The topological polar surface area (TPSA) is 54.0 Å². The fourth-order valence-corrected chi connectivity index (χ4v) is 1.95. The molecule has 0 unspecified atom stereocenters. The lowest BCUT2D eigenvalue weighted by Crippen LogP contribution is -2.40. The summed E-state index contributed by atoms with van der Waals surface area (Å²) in [6.07, 6.45) is 0.888. The van der Waals surface area contributed by atoms with Crippen LogP contribution in [0.5, 0.6) is 0 Å². The summed E-state index contributed by atoms with van der Waals surface area (Å²) in [5.74, 6) is -0.182. The molecular formula is C11H13ClFN3O. The third-order valence-corrected chi connectivity index (χ3v) is 2.86. The van der Waals surface area contributed by atoms with E-state index in [2.05, 4.69) is 15.6 Å². The van der Waals surface area contributed by atoms with E-state index in [4.69, 9.17) is 11.6 Å². The summed E-state index contributed by atoms with van der Waals surface area (Å²) in [4.78, 5) is 15.5. The van der Waals surface area contributed by atoms with Crippen LogP contribution in [-0.2, 0) is 11.3 Å². The standard InChI is InChI=1S/C11H13ClFN3O/c12-10-3-7(1-2-14-10)5-16-11(17)9-4-8(13)6-15-9/h1-3,8-9,15H,4-6H2,(H,16,17)/t8-,9+/m1/s1. The molecule has 0 radical (unpaired) electrons. The van der Waals surface area contributed by atoms with Gasteiger partial charge in [0.05, 0.1) is 6.04 Å². The predicted molar refractivity (Wildman–Crippen MR) is 62.4 cm³/mol. The minimum atomic E-state index is -0.930. The number of carbonyl (C=O) groups is 1. The minimum absolute atomic E-state index is 0.182. The third-order valence-electron chi connectivity index (χ3n) is 2.65. The maximum Gasteiger partial charge on any atom is 0.237 e. The van der Waals surface area contributed by atoms with E-state index in [0.717, 1.165) is 5.56 Å². The normalized spacial score (nSPS) is 23.6. The molecule has 1 amide bonds. The number of nitrogens with zero attached hydrogens (tertiary/aromatic N) is 1. The smallest absolute Gasteiger partial charge is 0.237 e. The number of halogens is 2. The van der Waals surface area contributed by atoms with Gasteiger partial charge in [0.25, 0.3) is 0 Å². The molecule has 1 aromatic heterocycles. The molecule has 2 N–H and O–H groups in total. The van der Waals surface area contributed by atoms with Gasteiger partial charge in [0.1, 0.15) is 11.3 Å². The number of hydrogen-bond donors (Lipinski definition) is 2. The molecule has 17 heavy (non-hydrogen) atoms. The van der Waals surface area contributed by atoms with Crippen molar-refractivity contribution in [3.8, 4) is 0 Å². The van der Waals surface area contributed by atoms with Crippen molar-refractivity contribution in [2.24, 2.45) is 0 Å². The second-order valence-corrected chi connectivity index (χ2v) is 4.39. The summed E-state index contributed by atoms with van der Waals surface area (Å²) in [7, 11) is 0. The Bertz CT molecular complexity index is 415. The highest BCUT2D eigenvalue weighted by molar-refractivity contribution is 6.29. The second-order valence-electron chi connectivity index (χ2n) is 4.00. The van der Waals surface area contributed by atoms with Crippen molar-refractivity contribution in [3.63, 3.8) is 0 Å². The van der Waals surface area contributed by atoms with Crippen LogP contribution in [-0.4, -0.2) is 29.6 Å². The van der Waals surface area contributed by atoms with Crippen LogP contribution < -0.4 is 10.6 Å². The van der Waals surface area contributed by atoms with Gasteiger partial charge in [-0.3, -0.25) is 4.79 Å². The number of nitrogens with one attached hydrogen (secondary N) is 2. The van der Waals surface area contributed by atoms with E-state index in [1.165, 1.54) is 0 Å². The van der Waals surface area contributed by atoms with E-state index in [-0.39, 0.29) is 18.9 Å². The quantitative estimate of drug-likeness (QED) is 0.796. The maximum atomic E-state index is 12.9. The monoisotopic (exact) mass is 257 g/mol. The maximum absolute atomic E-state index is 12.9. The molecule has 2 rings (SSSR count). The van der Waals surface area contributed by atoms with Crippen LogP contribution in [0.4, 0.5) is 4.39 Å². The number of alkyl halides is 1. The average Bonchev–Trinajstić information content (AvgIpc) is 2.73. The van der Waals surface area contributed by atoms with Crippen molar-refractivity contribution in [1.82, 2.24) is 15.6 Å². The zero-order chi connectivity index (χ0) is 12.3. The molecule has 0 bridgehead atoms. The van der Waals surface area contributed by atoms with Gasteiger partial charge in [0.15, 0.2) is 0 Å². The molecule has 0 aromatic carbocycles. The largest absolute Gasteiger partial charge is 0.351 e. The Labute approximate surface area is 104 Å². The first-order chi connectivity index (χ1) is 8.15. The second kappa shape index (κ2) is 5.42. The fraction of sp³-hybridized carbons (Fsp3) is 0.455. The molecule has 1 aliphatic heterocycles. The van der Waals surface area contributed by atoms with Crippen molar-refractivity contribution >= 4 is 17.5 Å². The third kappa shape index (κ3) is 3.38. The summed E-state index contributed by atoms with van der Waals surface area (Å²) in [6, 6.07) is 3.02. The van der Waals surface area contributed by atoms with Crippen molar-refractivity contribution < 1.29 is 9.18 Å². The summed E-state index contributed by atoms with van der Waals surface area (Å²) in [5.41, 5.74) is 0.869. The Morgan fingerprint density at radius 3 is 3.18 bits per heavy atom. The molecule has 4 nitrogen and oxygen atoms in total. The molecule has 0 saturated carbocycles. The van der Waals surface area contributed by atoms with Crippen molar-refractivity contribution in [2.75, 3.05) is 6.54 Å². The van der Waals surface area contributed by atoms with Crippen LogP contribution in [0.2, 0.25) is 5.15 Å². The van der Waals surface area contributed by atoms with Gasteiger partial charge < -0.3 is 10.6 Å². The number of aromatic nitrogens is 1. The van der Waals surface area contributed by atoms with E-state index in [0.29, 0.717) is 11.7 Å². The van der Waals surface area contributed by atoms with Crippen molar-refractivity contribution in [1.29, 1.82) is 0 Å². The number of carbonyl (C=O) groups excluding carboxylic acids is 1. The summed E-state index contributed by atoms with van der Waals surface area (Å²) >= 11 is 5.72. The van der Waals surface area contributed by atoms with Crippen LogP contribution in [0.3, 0.4) is 0 Å². The highest BCUT2D eigenvalue weighted by atomic mass is 35.5. The van der Waals surface area contributed by atoms with E-state index < -0.39 is 12.2 Å². The van der Waals surface area contributed by atoms with Gasteiger partial charge in [0, 0.05) is 25.7 Å². The first-order valence-corrected chi connectivity index (χ1v) is 5.78. The van der Waals surface area contributed by atoms with Gasteiger partial charge in [-0.05, 0) is 17.7 Å². The van der Waals surface area contributed by atoms with Crippen LogP contribution in [0.1, 0.15) is 12.0 Å². The highest BCUT2D eigenvalue weighted by Gasteiger charge is 2.28. The van der Waals surface area contributed by atoms with Gasteiger partial charge in [-0.25, -0.2) is 9.37 Å². The molecule has 2 atom stereocenters. The van der Waals surface area contributed by atoms with Crippen LogP contribution in [0, 0.1) is 0 Å². The van der Waals surface area contributed by atoms with E-state index in [1.54, 1.807) is 18.3 Å². The fourth-order valence-electron chi connectivity index (χ4n) is 1.76. The Morgan fingerprint density at radius 1 is 1.71 bits per heavy atom. The Kier molecular flexibility index (Phi) is 3.91. The SMILES string of the molecule is O=C(NCc1ccnc(Cl)c1)[C@@H]1C[C@@H](F)CN1. The lowest BCUT2D eigenvalue weighted by atomic mass is 10.2. The zero-order valence-electron chi connectivity index (χ0n) is 9.12. The first-order valence-electron chi connectivity index (χ1n) is 5.41. The average molecular weight is 258 g/mol. The van der Waals surface area contributed by atoms with Gasteiger partial charge >= 0.3 is 0 Å². The van der Waals surface area contributed by atoms with Crippen LogP contribution in [0.15, 0.2) is 18.3 Å². The number of pyridine rings is 1. The summed E-state index contributed by atoms with van der Waals surface area (Å²) in [6.45, 7) is 0.620. The minimum Gasteiger partial charge on any atom is -0.351 e. The predicted octanol–water partition coefficient (Wildman–Crippen LogP) is 1.05. The molecule has 1 aliphatic rings. The van der Waals surface area contributed by atoms with Crippen LogP contribution in [0.25, 0.3) is 0 Å². The Balaban J connectivity index is 1.84. The van der Waals surface area contributed by atoms with Gasteiger partial charge in [-0.15, -0.1) is 0 Å². The number of hydrogen-bond acceptors (Lipinski definition) is 3. The lowest BCUT2D eigenvalue weighted by molar-refractivity contribution is -0.123. The zero-order valence-corrected chi connectivity index (χ0v) is 9.88. The molecule has 6 heteroatoms. The summed E-state index contributed by atoms with van der Waals surface area (Å²) in [5, 5.41) is 5.95. The number of amides is 1. The van der Waals surface area contributed by atoms with Crippen LogP contribution >= 0.6 is 11.6 Å². The summed E-state index contributed by atoms with van der Waals surface area (Å²) < 4.78 is 12.9. The molecule has 1 fully saturated rings. The molecule has 92 valence electrons. The van der Waals surface area contributed by atoms with E-state index in [9.17, 15) is 9.18 Å². The highest BCUT2D eigenvalue weighted by Crippen LogP contribution is 2.10.